The maximum Gasteiger partial charge on any atom is 0.122 e. The largest absolute Gasteiger partial charge is 0.494 e. The highest BCUT2D eigenvalue weighted by molar-refractivity contribution is 5.32. The van der Waals surface area contributed by atoms with E-state index in [1.165, 1.54) is 0 Å². The summed E-state index contributed by atoms with van der Waals surface area (Å²) in [5, 5.41) is 10.1. The molecule has 0 amide bonds. The average Bonchev–Trinajstić information content (AvgIpc) is 2.47. The molecule has 0 saturated carbocycles. The average molecular weight is 272 g/mol. The Hall–Kier alpha value is -2.00. The lowest BCUT2D eigenvalue weighted by Gasteiger charge is -2.14. The topological polar surface area (TPSA) is 38.7 Å². The van der Waals surface area contributed by atoms with Crippen LogP contribution < -0.4 is 9.47 Å². The standard InChI is InChI=1S/C17H20O3/c1-3-19-15-10-8-14(9-11-15)16(18)12-20-17-7-5-4-6-13(17)2/h4-11,16,18H,3,12H2,1-2H3. The molecule has 2 rings (SSSR count). The molecule has 106 valence electrons. The summed E-state index contributed by atoms with van der Waals surface area (Å²) in [5.41, 5.74) is 1.88. The van der Waals surface area contributed by atoms with Crippen LogP contribution in [0.5, 0.6) is 11.5 Å². The van der Waals surface area contributed by atoms with E-state index in [-0.39, 0.29) is 6.61 Å². The fraction of sp³-hybridized carbons (Fsp3) is 0.294. The second-order valence-electron chi connectivity index (χ2n) is 4.59. The van der Waals surface area contributed by atoms with Crippen LogP contribution in [0.3, 0.4) is 0 Å². The van der Waals surface area contributed by atoms with Crippen molar-refractivity contribution in [3.8, 4) is 11.5 Å². The summed E-state index contributed by atoms with van der Waals surface area (Å²) in [6.45, 7) is 4.80. The summed E-state index contributed by atoms with van der Waals surface area (Å²) < 4.78 is 11.0. The van der Waals surface area contributed by atoms with Gasteiger partial charge in [-0.15, -0.1) is 0 Å². The molecule has 2 aromatic carbocycles. The van der Waals surface area contributed by atoms with Crippen LogP contribution in [0.2, 0.25) is 0 Å². The van der Waals surface area contributed by atoms with Crippen molar-refractivity contribution in [2.75, 3.05) is 13.2 Å². The molecule has 0 aliphatic heterocycles. The first-order chi connectivity index (χ1) is 9.70. The number of ether oxygens (including phenoxy) is 2. The molecule has 0 radical (unpaired) electrons. The second-order valence-corrected chi connectivity index (χ2v) is 4.59. The highest BCUT2D eigenvalue weighted by Gasteiger charge is 2.09. The first kappa shape index (κ1) is 14.4. The Morgan fingerprint density at radius 2 is 1.70 bits per heavy atom. The van der Waals surface area contributed by atoms with E-state index in [0.717, 1.165) is 22.6 Å². The molecule has 0 fully saturated rings. The van der Waals surface area contributed by atoms with Gasteiger partial charge in [-0.05, 0) is 43.2 Å². The monoisotopic (exact) mass is 272 g/mol. The van der Waals surface area contributed by atoms with Crippen molar-refractivity contribution in [1.82, 2.24) is 0 Å². The number of aryl methyl sites for hydroxylation is 1. The number of aliphatic hydroxyl groups is 1. The zero-order valence-electron chi connectivity index (χ0n) is 11.9. The zero-order chi connectivity index (χ0) is 14.4. The third-order valence-corrected chi connectivity index (χ3v) is 3.07. The van der Waals surface area contributed by atoms with Gasteiger partial charge in [-0.2, -0.15) is 0 Å². The van der Waals surface area contributed by atoms with Gasteiger partial charge in [-0.25, -0.2) is 0 Å². The molecule has 0 aliphatic rings. The molecular formula is C17H20O3. The Labute approximate surface area is 119 Å². The van der Waals surface area contributed by atoms with Gasteiger partial charge in [0.1, 0.15) is 24.2 Å². The highest BCUT2D eigenvalue weighted by atomic mass is 16.5. The molecule has 1 unspecified atom stereocenters. The third-order valence-electron chi connectivity index (χ3n) is 3.07. The van der Waals surface area contributed by atoms with E-state index in [0.29, 0.717) is 6.61 Å². The third kappa shape index (κ3) is 3.75. The van der Waals surface area contributed by atoms with Crippen molar-refractivity contribution in [1.29, 1.82) is 0 Å². The Kier molecular flexibility index (Phi) is 5.02. The van der Waals surface area contributed by atoms with Gasteiger partial charge < -0.3 is 14.6 Å². The van der Waals surface area contributed by atoms with E-state index in [1.807, 2.05) is 62.4 Å². The zero-order valence-corrected chi connectivity index (χ0v) is 11.9. The van der Waals surface area contributed by atoms with Crippen molar-refractivity contribution in [3.05, 3.63) is 59.7 Å². The van der Waals surface area contributed by atoms with E-state index in [9.17, 15) is 5.11 Å². The predicted octanol–water partition coefficient (Wildman–Crippen LogP) is 3.51. The molecule has 2 aromatic rings. The molecule has 0 heterocycles. The van der Waals surface area contributed by atoms with Gasteiger partial charge in [-0.3, -0.25) is 0 Å². The van der Waals surface area contributed by atoms with E-state index < -0.39 is 6.10 Å². The SMILES string of the molecule is CCOc1ccc(C(O)COc2ccccc2C)cc1. The Bertz CT molecular complexity index is 534. The van der Waals surface area contributed by atoms with Crippen molar-refractivity contribution >= 4 is 0 Å². The van der Waals surface area contributed by atoms with E-state index in [4.69, 9.17) is 9.47 Å². The first-order valence-electron chi connectivity index (χ1n) is 6.80. The summed E-state index contributed by atoms with van der Waals surface area (Å²) in [7, 11) is 0. The maximum atomic E-state index is 10.1. The predicted molar refractivity (Wildman–Crippen MR) is 79.2 cm³/mol. The van der Waals surface area contributed by atoms with Crippen LogP contribution in [-0.2, 0) is 0 Å². The van der Waals surface area contributed by atoms with Crippen molar-refractivity contribution in [2.45, 2.75) is 20.0 Å². The number of hydrogen-bond donors (Lipinski definition) is 1. The summed E-state index contributed by atoms with van der Waals surface area (Å²) in [6.07, 6.45) is -0.648. The minimum atomic E-state index is -0.648. The van der Waals surface area contributed by atoms with E-state index in [1.54, 1.807) is 0 Å². The molecule has 0 aliphatic carbocycles. The molecule has 0 spiro atoms. The Morgan fingerprint density at radius 1 is 1.00 bits per heavy atom. The van der Waals surface area contributed by atoms with Gasteiger partial charge in [0, 0.05) is 0 Å². The van der Waals surface area contributed by atoms with Crippen LogP contribution in [0, 0.1) is 6.92 Å². The van der Waals surface area contributed by atoms with E-state index in [2.05, 4.69) is 0 Å². The van der Waals surface area contributed by atoms with Gasteiger partial charge in [0.15, 0.2) is 0 Å². The Balaban J connectivity index is 1.94. The number of aliphatic hydroxyl groups excluding tert-OH is 1. The lowest BCUT2D eigenvalue weighted by Crippen LogP contribution is -2.10. The number of benzene rings is 2. The minimum Gasteiger partial charge on any atom is -0.494 e. The molecule has 3 nitrogen and oxygen atoms in total. The van der Waals surface area contributed by atoms with Gasteiger partial charge in [0.25, 0.3) is 0 Å². The molecule has 0 saturated heterocycles. The second kappa shape index (κ2) is 6.96. The van der Waals surface area contributed by atoms with Gasteiger partial charge >= 0.3 is 0 Å². The lowest BCUT2D eigenvalue weighted by atomic mass is 10.1. The fourth-order valence-electron chi connectivity index (χ4n) is 1.94. The summed E-state index contributed by atoms with van der Waals surface area (Å²) in [4.78, 5) is 0. The molecule has 3 heteroatoms. The summed E-state index contributed by atoms with van der Waals surface area (Å²) >= 11 is 0. The van der Waals surface area contributed by atoms with Crippen LogP contribution >= 0.6 is 0 Å². The summed E-state index contributed by atoms with van der Waals surface area (Å²) in [5.74, 6) is 1.61. The van der Waals surface area contributed by atoms with Gasteiger partial charge in [0.2, 0.25) is 0 Å². The number of para-hydroxylation sites is 1. The molecular weight excluding hydrogens is 252 g/mol. The molecule has 1 atom stereocenters. The van der Waals surface area contributed by atoms with E-state index >= 15 is 0 Å². The first-order valence-corrected chi connectivity index (χ1v) is 6.80. The van der Waals surface area contributed by atoms with Crippen molar-refractivity contribution in [3.63, 3.8) is 0 Å². The van der Waals surface area contributed by atoms with Crippen LogP contribution in [-0.4, -0.2) is 18.3 Å². The molecule has 20 heavy (non-hydrogen) atoms. The van der Waals surface area contributed by atoms with Crippen LogP contribution in [0.25, 0.3) is 0 Å². The van der Waals surface area contributed by atoms with Crippen LogP contribution in [0.1, 0.15) is 24.2 Å². The quantitative estimate of drug-likeness (QED) is 0.874. The van der Waals surface area contributed by atoms with Crippen molar-refractivity contribution in [2.24, 2.45) is 0 Å². The minimum absolute atomic E-state index is 0.235. The fourth-order valence-corrected chi connectivity index (χ4v) is 1.94. The number of rotatable bonds is 6. The normalized spacial score (nSPS) is 11.9. The Morgan fingerprint density at radius 3 is 2.35 bits per heavy atom. The maximum absolute atomic E-state index is 10.1. The molecule has 0 bridgehead atoms. The summed E-state index contributed by atoms with van der Waals surface area (Å²) in [6, 6.07) is 15.2. The van der Waals surface area contributed by atoms with Crippen LogP contribution in [0.15, 0.2) is 48.5 Å². The molecule has 0 aromatic heterocycles. The van der Waals surface area contributed by atoms with Gasteiger partial charge in [0.05, 0.1) is 6.61 Å². The van der Waals surface area contributed by atoms with Crippen molar-refractivity contribution < 1.29 is 14.6 Å². The van der Waals surface area contributed by atoms with Crippen LogP contribution in [0.4, 0.5) is 0 Å². The number of hydrogen-bond acceptors (Lipinski definition) is 3. The molecule has 1 N–H and O–H groups in total. The highest BCUT2D eigenvalue weighted by Crippen LogP contribution is 2.21. The van der Waals surface area contributed by atoms with Gasteiger partial charge in [-0.1, -0.05) is 30.3 Å². The smallest absolute Gasteiger partial charge is 0.122 e. The lowest BCUT2D eigenvalue weighted by molar-refractivity contribution is 0.108.